The van der Waals surface area contributed by atoms with E-state index in [2.05, 4.69) is 9.71 Å². The minimum atomic E-state index is -4.34. The molecule has 0 unspecified atom stereocenters. The molecule has 0 aliphatic heterocycles. The van der Waals surface area contributed by atoms with Crippen molar-refractivity contribution >= 4 is 28.5 Å². The van der Waals surface area contributed by atoms with Crippen molar-refractivity contribution in [2.45, 2.75) is 17.7 Å². The Morgan fingerprint density at radius 2 is 1.75 bits per heavy atom. The number of aliphatic hydroxyl groups is 1. The van der Waals surface area contributed by atoms with Gasteiger partial charge in [-0.2, -0.15) is 13.2 Å². The van der Waals surface area contributed by atoms with E-state index < -0.39 is 11.7 Å². The number of hydrogen-bond donors (Lipinski definition) is 2. The summed E-state index contributed by atoms with van der Waals surface area (Å²) in [6.07, 6.45) is -4.34. The number of rotatable bonds is 4. The minimum absolute atomic E-state index is 0.156. The van der Waals surface area contributed by atoms with Crippen LogP contribution in [-0.4, -0.2) is 10.1 Å². The Labute approximate surface area is 140 Å². The lowest BCUT2D eigenvalue weighted by atomic mass is 10.2. The standard InChI is InChI=1S/C17H13F3N2OS/c18-17(19,20)12-5-8-14(9-6-12)24-22-15-3-1-2-11-4-7-13(10-23)21-16(11)15/h1-9,22-23H,10H2. The lowest BCUT2D eigenvalue weighted by Gasteiger charge is -2.10. The summed E-state index contributed by atoms with van der Waals surface area (Å²) < 4.78 is 40.8. The highest BCUT2D eigenvalue weighted by atomic mass is 32.2. The highest BCUT2D eigenvalue weighted by Crippen LogP contribution is 2.32. The number of benzene rings is 2. The number of hydrogen-bond acceptors (Lipinski definition) is 4. The maximum atomic E-state index is 12.6. The van der Waals surface area contributed by atoms with E-state index in [1.807, 2.05) is 24.3 Å². The van der Waals surface area contributed by atoms with Gasteiger partial charge < -0.3 is 9.83 Å². The Hall–Kier alpha value is -2.25. The first-order valence-corrected chi connectivity index (χ1v) is 7.88. The Bertz CT molecular complexity index is 851. The van der Waals surface area contributed by atoms with Gasteiger partial charge in [0.15, 0.2) is 0 Å². The van der Waals surface area contributed by atoms with Crippen LogP contribution in [0.1, 0.15) is 11.3 Å². The van der Waals surface area contributed by atoms with Crippen molar-refractivity contribution in [1.29, 1.82) is 0 Å². The van der Waals surface area contributed by atoms with Crippen LogP contribution in [0.5, 0.6) is 0 Å². The molecule has 24 heavy (non-hydrogen) atoms. The monoisotopic (exact) mass is 350 g/mol. The maximum absolute atomic E-state index is 12.6. The smallest absolute Gasteiger partial charge is 0.390 e. The quantitative estimate of drug-likeness (QED) is 0.659. The molecule has 3 rings (SSSR count). The molecule has 2 N–H and O–H groups in total. The van der Waals surface area contributed by atoms with Gasteiger partial charge in [0.25, 0.3) is 0 Å². The number of aromatic nitrogens is 1. The zero-order chi connectivity index (χ0) is 17.2. The highest BCUT2D eigenvalue weighted by molar-refractivity contribution is 8.00. The summed E-state index contributed by atoms with van der Waals surface area (Å²) in [6, 6.07) is 14.1. The van der Waals surface area contributed by atoms with Crippen molar-refractivity contribution in [3.63, 3.8) is 0 Å². The molecule has 0 amide bonds. The number of alkyl halides is 3. The summed E-state index contributed by atoms with van der Waals surface area (Å²) in [6.45, 7) is -0.156. The molecule has 0 fully saturated rings. The van der Waals surface area contributed by atoms with Gasteiger partial charge in [-0.05, 0) is 48.3 Å². The van der Waals surface area contributed by atoms with Crippen LogP contribution in [-0.2, 0) is 12.8 Å². The Morgan fingerprint density at radius 3 is 2.42 bits per heavy atom. The Balaban J connectivity index is 1.80. The molecule has 0 spiro atoms. The van der Waals surface area contributed by atoms with Crippen molar-refractivity contribution < 1.29 is 18.3 Å². The molecule has 0 saturated carbocycles. The number of fused-ring (bicyclic) bond motifs is 1. The molecule has 1 aromatic heterocycles. The summed E-state index contributed by atoms with van der Waals surface area (Å²) in [4.78, 5) is 5.03. The fourth-order valence-corrected chi connectivity index (χ4v) is 2.85. The molecule has 124 valence electrons. The first-order valence-electron chi connectivity index (χ1n) is 7.07. The third-order valence-corrected chi connectivity index (χ3v) is 4.23. The van der Waals surface area contributed by atoms with E-state index in [-0.39, 0.29) is 6.61 Å². The molecule has 3 aromatic rings. The fourth-order valence-electron chi connectivity index (χ4n) is 2.18. The topological polar surface area (TPSA) is 45.1 Å². The number of halogens is 3. The zero-order valence-electron chi connectivity index (χ0n) is 12.3. The Kier molecular flexibility index (Phi) is 4.64. The van der Waals surface area contributed by atoms with Gasteiger partial charge in [0, 0.05) is 10.3 Å². The SMILES string of the molecule is OCc1ccc2cccc(NSc3ccc(C(F)(F)F)cc3)c2n1. The van der Waals surface area contributed by atoms with Crippen molar-refractivity contribution in [1.82, 2.24) is 4.98 Å². The molecule has 3 nitrogen and oxygen atoms in total. The van der Waals surface area contributed by atoms with E-state index >= 15 is 0 Å². The maximum Gasteiger partial charge on any atom is 0.416 e. The minimum Gasteiger partial charge on any atom is -0.390 e. The molecule has 0 radical (unpaired) electrons. The van der Waals surface area contributed by atoms with E-state index in [0.29, 0.717) is 16.1 Å². The predicted octanol–water partition coefficient (Wildman–Crippen LogP) is 4.87. The van der Waals surface area contributed by atoms with Crippen molar-refractivity contribution in [2.75, 3.05) is 4.72 Å². The van der Waals surface area contributed by atoms with E-state index in [9.17, 15) is 18.3 Å². The van der Waals surface area contributed by atoms with Gasteiger partial charge in [0.05, 0.1) is 29.1 Å². The van der Waals surface area contributed by atoms with E-state index in [1.54, 1.807) is 6.07 Å². The average Bonchev–Trinajstić information content (AvgIpc) is 2.59. The van der Waals surface area contributed by atoms with Crippen LogP contribution < -0.4 is 4.72 Å². The van der Waals surface area contributed by atoms with Gasteiger partial charge in [0.1, 0.15) is 0 Å². The molecule has 0 aliphatic rings. The third kappa shape index (κ3) is 3.63. The van der Waals surface area contributed by atoms with Crippen LogP contribution in [0.15, 0.2) is 59.5 Å². The molecule has 0 atom stereocenters. The van der Waals surface area contributed by atoms with Gasteiger partial charge in [0.2, 0.25) is 0 Å². The molecule has 7 heteroatoms. The van der Waals surface area contributed by atoms with E-state index in [4.69, 9.17) is 0 Å². The van der Waals surface area contributed by atoms with Crippen LogP contribution in [0.25, 0.3) is 10.9 Å². The summed E-state index contributed by atoms with van der Waals surface area (Å²) in [5.74, 6) is 0. The average molecular weight is 350 g/mol. The molecular formula is C17H13F3N2OS. The lowest BCUT2D eigenvalue weighted by molar-refractivity contribution is -0.137. The predicted molar refractivity (Wildman–Crippen MR) is 88.6 cm³/mol. The Morgan fingerprint density at radius 1 is 1.00 bits per heavy atom. The number of aliphatic hydroxyl groups excluding tert-OH is 1. The molecule has 0 saturated heterocycles. The normalized spacial score (nSPS) is 11.7. The summed E-state index contributed by atoms with van der Waals surface area (Å²) in [5.41, 5.74) is 1.30. The first-order chi connectivity index (χ1) is 11.5. The number of pyridine rings is 1. The zero-order valence-corrected chi connectivity index (χ0v) is 13.2. The molecule has 2 aromatic carbocycles. The lowest BCUT2D eigenvalue weighted by Crippen LogP contribution is -2.04. The van der Waals surface area contributed by atoms with Crippen LogP contribution in [0.4, 0.5) is 18.9 Å². The second-order valence-electron chi connectivity index (χ2n) is 5.06. The van der Waals surface area contributed by atoms with Crippen LogP contribution in [0.2, 0.25) is 0 Å². The van der Waals surface area contributed by atoms with Gasteiger partial charge in [-0.15, -0.1) is 0 Å². The van der Waals surface area contributed by atoms with Crippen molar-refractivity contribution in [3.8, 4) is 0 Å². The molecule has 0 aliphatic carbocycles. The number of nitrogens with zero attached hydrogens (tertiary/aromatic N) is 1. The van der Waals surface area contributed by atoms with Crippen molar-refractivity contribution in [2.24, 2.45) is 0 Å². The van der Waals surface area contributed by atoms with Crippen molar-refractivity contribution in [3.05, 3.63) is 65.9 Å². The largest absolute Gasteiger partial charge is 0.416 e. The molecular weight excluding hydrogens is 337 g/mol. The number of nitrogens with one attached hydrogen (secondary N) is 1. The van der Waals surface area contributed by atoms with E-state index in [1.165, 1.54) is 24.1 Å². The second-order valence-corrected chi connectivity index (χ2v) is 5.94. The fraction of sp³-hybridized carbons (Fsp3) is 0.118. The number of anilines is 1. The second kappa shape index (κ2) is 6.70. The van der Waals surface area contributed by atoms with Gasteiger partial charge in [-0.25, -0.2) is 4.98 Å². The summed E-state index contributed by atoms with van der Waals surface area (Å²) in [7, 11) is 0. The molecule has 0 bridgehead atoms. The summed E-state index contributed by atoms with van der Waals surface area (Å²) >= 11 is 1.20. The van der Waals surface area contributed by atoms with Gasteiger partial charge in [-0.3, -0.25) is 0 Å². The van der Waals surface area contributed by atoms with Crippen LogP contribution in [0.3, 0.4) is 0 Å². The third-order valence-electron chi connectivity index (χ3n) is 3.40. The summed E-state index contributed by atoms with van der Waals surface area (Å²) in [5, 5.41) is 10.1. The van der Waals surface area contributed by atoms with E-state index in [0.717, 1.165) is 23.2 Å². The number of para-hydroxylation sites is 1. The highest BCUT2D eigenvalue weighted by Gasteiger charge is 2.29. The molecule has 1 heterocycles. The van der Waals surface area contributed by atoms with Gasteiger partial charge >= 0.3 is 6.18 Å². The first kappa shape index (κ1) is 16.6. The van der Waals surface area contributed by atoms with Crippen LogP contribution >= 0.6 is 11.9 Å². The van der Waals surface area contributed by atoms with Gasteiger partial charge in [-0.1, -0.05) is 18.2 Å². The van der Waals surface area contributed by atoms with Crippen LogP contribution in [0, 0.1) is 0 Å².